The summed E-state index contributed by atoms with van der Waals surface area (Å²) in [4.78, 5) is 0. The molecule has 0 radical (unpaired) electrons. The van der Waals surface area contributed by atoms with E-state index in [-0.39, 0.29) is 0 Å². The summed E-state index contributed by atoms with van der Waals surface area (Å²) in [5.74, 6) is 6.25. The Kier molecular flexibility index (Phi) is 3.77. The standard InChI is InChI=1S/C18H31N/c1-11(2)7-5-6-8-13-17(12(3)4)15-9-14(18(13)15)16-10-19-16/h7,12-19H,5-6,8-10H2,1-4H3/t13?,14?,15?,16-,17?,18?/m0/s1. The number of hydrogen-bond acceptors (Lipinski definition) is 1. The molecular weight excluding hydrogens is 230 g/mol. The molecule has 3 rings (SSSR count). The van der Waals surface area contributed by atoms with Crippen LogP contribution in [0.25, 0.3) is 0 Å². The fraction of sp³-hybridized carbons (Fsp3) is 0.889. The van der Waals surface area contributed by atoms with Gasteiger partial charge in [0.15, 0.2) is 0 Å². The smallest absolute Gasteiger partial charge is 0.0224 e. The van der Waals surface area contributed by atoms with E-state index in [1.807, 2.05) is 0 Å². The molecule has 0 bridgehead atoms. The third kappa shape index (κ3) is 2.51. The van der Waals surface area contributed by atoms with Crippen LogP contribution in [0.3, 0.4) is 0 Å². The van der Waals surface area contributed by atoms with Crippen molar-refractivity contribution in [1.29, 1.82) is 0 Å². The lowest BCUT2D eigenvalue weighted by atomic mass is 9.39. The van der Waals surface area contributed by atoms with E-state index in [0.717, 1.165) is 41.5 Å². The molecule has 3 aliphatic rings. The predicted molar refractivity (Wildman–Crippen MR) is 82.0 cm³/mol. The summed E-state index contributed by atoms with van der Waals surface area (Å²) in [5.41, 5.74) is 1.48. The van der Waals surface area contributed by atoms with Crippen molar-refractivity contribution in [3.8, 4) is 0 Å². The van der Waals surface area contributed by atoms with Crippen molar-refractivity contribution < 1.29 is 0 Å². The van der Waals surface area contributed by atoms with E-state index in [1.54, 1.807) is 0 Å². The van der Waals surface area contributed by atoms with Crippen LogP contribution in [-0.2, 0) is 0 Å². The van der Waals surface area contributed by atoms with Gasteiger partial charge in [-0.2, -0.15) is 0 Å². The molecule has 1 nitrogen and oxygen atoms in total. The molecule has 0 spiro atoms. The lowest BCUT2D eigenvalue weighted by Crippen LogP contribution is -2.61. The maximum absolute atomic E-state index is 3.56. The Hall–Kier alpha value is -0.300. The van der Waals surface area contributed by atoms with Crippen molar-refractivity contribution in [2.75, 3.05) is 6.54 Å². The van der Waals surface area contributed by atoms with Crippen LogP contribution in [-0.4, -0.2) is 12.6 Å². The van der Waals surface area contributed by atoms with E-state index in [2.05, 4.69) is 39.1 Å². The summed E-state index contributed by atoms with van der Waals surface area (Å²) in [6.07, 6.45) is 8.15. The van der Waals surface area contributed by atoms with Gasteiger partial charge >= 0.3 is 0 Å². The minimum absolute atomic E-state index is 0.905. The Bertz CT molecular complexity index is 349. The van der Waals surface area contributed by atoms with E-state index in [1.165, 1.54) is 37.8 Å². The zero-order valence-corrected chi connectivity index (χ0v) is 13.2. The fourth-order valence-electron chi connectivity index (χ4n) is 5.15. The summed E-state index contributed by atoms with van der Waals surface area (Å²) in [6.45, 7) is 10.7. The molecule has 19 heavy (non-hydrogen) atoms. The van der Waals surface area contributed by atoms with Crippen LogP contribution in [0.2, 0.25) is 0 Å². The average molecular weight is 261 g/mol. The van der Waals surface area contributed by atoms with Crippen LogP contribution in [0.4, 0.5) is 0 Å². The molecule has 1 heteroatoms. The molecule has 1 N–H and O–H groups in total. The van der Waals surface area contributed by atoms with Gasteiger partial charge in [-0.1, -0.05) is 25.5 Å². The molecule has 1 aliphatic heterocycles. The Labute approximate surface area is 119 Å². The molecule has 0 amide bonds. The second-order valence-corrected chi connectivity index (χ2v) is 7.85. The van der Waals surface area contributed by atoms with Gasteiger partial charge in [0.1, 0.15) is 0 Å². The topological polar surface area (TPSA) is 21.9 Å². The van der Waals surface area contributed by atoms with E-state index in [4.69, 9.17) is 0 Å². The van der Waals surface area contributed by atoms with Gasteiger partial charge in [-0.15, -0.1) is 0 Å². The maximum Gasteiger partial charge on any atom is 0.0224 e. The van der Waals surface area contributed by atoms with Crippen molar-refractivity contribution in [1.82, 2.24) is 5.32 Å². The molecular formula is C18H31N. The number of fused-ring (bicyclic) bond motifs is 1. The van der Waals surface area contributed by atoms with Gasteiger partial charge in [-0.3, -0.25) is 0 Å². The summed E-state index contributed by atoms with van der Waals surface area (Å²) >= 11 is 0. The molecule has 2 saturated carbocycles. The van der Waals surface area contributed by atoms with E-state index in [0.29, 0.717) is 0 Å². The highest BCUT2D eigenvalue weighted by Gasteiger charge is 2.62. The van der Waals surface area contributed by atoms with E-state index < -0.39 is 0 Å². The molecule has 3 fully saturated rings. The molecule has 5 unspecified atom stereocenters. The van der Waals surface area contributed by atoms with Crippen molar-refractivity contribution in [3.63, 3.8) is 0 Å². The highest BCUT2D eigenvalue weighted by atomic mass is 15.1. The monoisotopic (exact) mass is 261 g/mol. The van der Waals surface area contributed by atoms with Gasteiger partial charge < -0.3 is 5.32 Å². The largest absolute Gasteiger partial charge is 0.311 e. The number of unbranched alkanes of at least 4 members (excludes halogenated alkanes) is 1. The zero-order chi connectivity index (χ0) is 13.6. The Morgan fingerprint density at radius 1 is 1.26 bits per heavy atom. The van der Waals surface area contributed by atoms with Gasteiger partial charge in [-0.05, 0) is 75.0 Å². The van der Waals surface area contributed by atoms with Crippen LogP contribution in [0.15, 0.2) is 11.6 Å². The highest BCUT2D eigenvalue weighted by Crippen LogP contribution is 2.66. The van der Waals surface area contributed by atoms with Crippen LogP contribution >= 0.6 is 0 Å². The molecule has 2 aliphatic carbocycles. The molecule has 6 atom stereocenters. The molecule has 0 aromatic carbocycles. The molecule has 108 valence electrons. The zero-order valence-electron chi connectivity index (χ0n) is 13.2. The third-order valence-corrected chi connectivity index (χ3v) is 6.04. The second-order valence-electron chi connectivity index (χ2n) is 7.85. The molecule has 0 aromatic heterocycles. The quantitative estimate of drug-likeness (QED) is 0.431. The van der Waals surface area contributed by atoms with Crippen LogP contribution in [0, 0.1) is 35.5 Å². The first-order chi connectivity index (χ1) is 9.09. The van der Waals surface area contributed by atoms with Crippen molar-refractivity contribution in [2.24, 2.45) is 35.5 Å². The lowest BCUT2D eigenvalue weighted by Gasteiger charge is -2.66. The summed E-state index contributed by atoms with van der Waals surface area (Å²) in [6, 6.07) is 0.912. The maximum atomic E-state index is 3.56. The van der Waals surface area contributed by atoms with Gasteiger partial charge in [0.05, 0.1) is 0 Å². The average Bonchev–Trinajstić information content (AvgIpc) is 3.10. The number of nitrogens with one attached hydrogen (secondary N) is 1. The van der Waals surface area contributed by atoms with Gasteiger partial charge in [0.2, 0.25) is 0 Å². The van der Waals surface area contributed by atoms with Crippen molar-refractivity contribution in [2.45, 2.75) is 59.4 Å². The van der Waals surface area contributed by atoms with E-state index >= 15 is 0 Å². The van der Waals surface area contributed by atoms with E-state index in [9.17, 15) is 0 Å². The van der Waals surface area contributed by atoms with Crippen LogP contribution in [0.5, 0.6) is 0 Å². The Balaban J connectivity index is 1.52. The first kappa shape index (κ1) is 13.7. The second kappa shape index (κ2) is 5.24. The summed E-state index contributed by atoms with van der Waals surface area (Å²) in [7, 11) is 0. The summed E-state index contributed by atoms with van der Waals surface area (Å²) < 4.78 is 0. The van der Waals surface area contributed by atoms with Gasteiger partial charge in [0.25, 0.3) is 0 Å². The number of hydrogen-bond donors (Lipinski definition) is 1. The van der Waals surface area contributed by atoms with Crippen molar-refractivity contribution in [3.05, 3.63) is 11.6 Å². The third-order valence-electron chi connectivity index (χ3n) is 6.04. The minimum atomic E-state index is 0.905. The molecule has 1 saturated heterocycles. The lowest BCUT2D eigenvalue weighted by molar-refractivity contribution is -0.172. The normalized spacial score (nSPS) is 43.2. The Morgan fingerprint density at radius 2 is 2.00 bits per heavy atom. The van der Waals surface area contributed by atoms with Gasteiger partial charge in [-0.25, -0.2) is 0 Å². The number of allylic oxidation sites excluding steroid dienone is 2. The first-order valence-electron chi connectivity index (χ1n) is 8.46. The van der Waals surface area contributed by atoms with Crippen molar-refractivity contribution >= 4 is 0 Å². The van der Waals surface area contributed by atoms with Crippen LogP contribution < -0.4 is 5.32 Å². The summed E-state index contributed by atoms with van der Waals surface area (Å²) in [5, 5.41) is 3.56. The minimum Gasteiger partial charge on any atom is -0.311 e. The van der Waals surface area contributed by atoms with Gasteiger partial charge in [0, 0.05) is 12.6 Å². The predicted octanol–water partition coefficient (Wildman–Crippen LogP) is 4.25. The molecule has 0 aromatic rings. The SMILES string of the molecule is CC(C)=CCCCC1C(C(C)C)C2CC([C@@H]3CN3)C12. The highest BCUT2D eigenvalue weighted by molar-refractivity contribution is 5.13. The molecule has 1 heterocycles. The van der Waals surface area contributed by atoms with Crippen LogP contribution in [0.1, 0.15) is 53.4 Å². The Morgan fingerprint density at radius 3 is 2.58 bits per heavy atom. The first-order valence-corrected chi connectivity index (χ1v) is 8.46. The fourth-order valence-corrected chi connectivity index (χ4v) is 5.15. The number of rotatable bonds is 6.